The Morgan fingerprint density at radius 3 is 2.48 bits per heavy atom. The average molecular weight is 299 g/mol. The first-order valence-electron chi connectivity index (χ1n) is 7.42. The third kappa shape index (κ3) is 3.97. The summed E-state index contributed by atoms with van der Waals surface area (Å²) in [6, 6.07) is 3.93. The van der Waals surface area contributed by atoms with Crippen LogP contribution >= 0.6 is 0 Å². The molecule has 3 rings (SSSR count). The first-order chi connectivity index (χ1) is 9.74. The second-order valence-electron chi connectivity index (χ2n) is 5.67. The molecule has 1 aromatic rings. The molecule has 5 nitrogen and oxygen atoms in total. The van der Waals surface area contributed by atoms with Gasteiger partial charge in [0.15, 0.2) is 0 Å². The van der Waals surface area contributed by atoms with Gasteiger partial charge in [0, 0.05) is 25.3 Å². The van der Waals surface area contributed by atoms with Gasteiger partial charge in [-0.1, -0.05) is 0 Å². The topological polar surface area (TPSA) is 56.7 Å². The van der Waals surface area contributed by atoms with Crippen molar-refractivity contribution < 1.29 is 9.90 Å². The number of carboxylic acid groups (broad SMARTS) is 1. The molecule has 0 unspecified atom stereocenters. The molecule has 2 fully saturated rings. The van der Waals surface area contributed by atoms with E-state index in [1.54, 1.807) is 18.3 Å². The zero-order chi connectivity index (χ0) is 13.9. The zero-order valence-corrected chi connectivity index (χ0v) is 11.7. The fourth-order valence-electron chi connectivity index (χ4n) is 3.29. The molecule has 2 aliphatic rings. The Morgan fingerprint density at radius 1 is 1.19 bits per heavy atom. The fraction of sp³-hybridized carbons (Fsp3) is 0.600. The molecule has 0 saturated carbocycles. The summed E-state index contributed by atoms with van der Waals surface area (Å²) in [6.07, 6.45) is 6.56. The Hall–Kier alpha value is -0.620. The van der Waals surface area contributed by atoms with Crippen LogP contribution in [0.4, 0.5) is 5.82 Å². The van der Waals surface area contributed by atoms with Gasteiger partial charge in [-0.3, -0.25) is 0 Å². The minimum absolute atomic E-state index is 0. The second kappa shape index (κ2) is 7.58. The normalized spacial score (nSPS) is 20.3. The van der Waals surface area contributed by atoms with Crippen molar-refractivity contribution in [3.63, 3.8) is 0 Å². The average Bonchev–Trinajstić information content (AvgIpc) is 3.02. The van der Waals surface area contributed by atoms with Crippen molar-refractivity contribution in [2.45, 2.75) is 31.7 Å². The Kier molecular flexibility index (Phi) is 6.05. The molecule has 110 valence electrons. The number of likely N-dealkylation sites (tertiary alicyclic amines) is 1. The molecule has 21 heavy (non-hydrogen) atoms. The van der Waals surface area contributed by atoms with E-state index >= 15 is 0 Å². The number of aromatic nitrogens is 1. The predicted octanol–water partition coefficient (Wildman–Crippen LogP) is 1.20. The fourth-order valence-corrected chi connectivity index (χ4v) is 3.29. The van der Waals surface area contributed by atoms with Crippen LogP contribution in [0, 0.1) is 0 Å². The van der Waals surface area contributed by atoms with Gasteiger partial charge in [-0.15, -0.1) is 0 Å². The van der Waals surface area contributed by atoms with E-state index in [9.17, 15) is 4.79 Å². The van der Waals surface area contributed by atoms with E-state index in [0.717, 1.165) is 31.7 Å². The molecule has 2 aliphatic heterocycles. The molecule has 0 spiro atoms. The Labute approximate surface area is 147 Å². The number of anilines is 1. The molecule has 0 atom stereocenters. The number of hydrogen-bond donors (Lipinski definition) is 1. The van der Waals surface area contributed by atoms with Gasteiger partial charge >= 0.3 is 35.5 Å². The van der Waals surface area contributed by atoms with Crippen LogP contribution in [-0.4, -0.2) is 82.7 Å². The quantitative estimate of drug-likeness (QED) is 0.850. The number of carboxylic acids is 1. The third-order valence-corrected chi connectivity index (χ3v) is 4.44. The molecule has 1 N–H and O–H groups in total. The summed E-state index contributed by atoms with van der Waals surface area (Å²) in [7, 11) is 0. The molecule has 0 bridgehead atoms. The van der Waals surface area contributed by atoms with Crippen molar-refractivity contribution in [3.8, 4) is 0 Å². The van der Waals surface area contributed by atoms with Crippen molar-refractivity contribution in [2.24, 2.45) is 0 Å². The molecule has 0 aliphatic carbocycles. The molecule has 0 aromatic carbocycles. The zero-order valence-electron chi connectivity index (χ0n) is 11.7. The number of pyridine rings is 1. The van der Waals surface area contributed by atoms with E-state index in [4.69, 9.17) is 5.11 Å². The van der Waals surface area contributed by atoms with E-state index in [2.05, 4.69) is 14.8 Å². The summed E-state index contributed by atoms with van der Waals surface area (Å²) in [5.41, 5.74) is 0.316. The molecule has 0 radical (unpaired) electrons. The van der Waals surface area contributed by atoms with Crippen LogP contribution in [0.3, 0.4) is 0 Å². The Balaban J connectivity index is 0.00000161. The van der Waals surface area contributed by atoms with Gasteiger partial charge in [0.2, 0.25) is 0 Å². The van der Waals surface area contributed by atoms with Gasteiger partial charge in [-0.2, -0.15) is 0 Å². The summed E-state index contributed by atoms with van der Waals surface area (Å²) in [6.45, 7) is 4.43. The molecule has 1 aromatic heterocycles. The van der Waals surface area contributed by atoms with Crippen LogP contribution in [0.1, 0.15) is 36.0 Å². The van der Waals surface area contributed by atoms with Gasteiger partial charge in [-0.05, 0) is 50.9 Å². The van der Waals surface area contributed by atoms with Crippen molar-refractivity contribution in [1.82, 2.24) is 9.88 Å². The maximum absolute atomic E-state index is 11.0. The second-order valence-corrected chi connectivity index (χ2v) is 5.67. The number of carbonyl (C=O) groups is 1. The van der Waals surface area contributed by atoms with E-state index in [1.165, 1.54) is 25.9 Å². The van der Waals surface area contributed by atoms with Gasteiger partial charge < -0.3 is 14.9 Å². The SMILES string of the molecule is O=C(O)c1ccnc(N2CCC(N3CCCC3)CC2)c1.[NaH]. The number of hydrogen-bond acceptors (Lipinski definition) is 4. The third-order valence-electron chi connectivity index (χ3n) is 4.44. The summed E-state index contributed by atoms with van der Waals surface area (Å²) in [5.74, 6) is -0.0922. The summed E-state index contributed by atoms with van der Waals surface area (Å²) in [4.78, 5) is 20.1. The van der Waals surface area contributed by atoms with Crippen LogP contribution in [0.5, 0.6) is 0 Å². The van der Waals surface area contributed by atoms with Gasteiger partial charge in [0.1, 0.15) is 5.82 Å². The summed E-state index contributed by atoms with van der Waals surface area (Å²) in [5, 5.41) is 9.04. The number of rotatable bonds is 3. The van der Waals surface area contributed by atoms with Crippen LogP contribution in [0.25, 0.3) is 0 Å². The van der Waals surface area contributed by atoms with Crippen LogP contribution in [0.15, 0.2) is 18.3 Å². The van der Waals surface area contributed by atoms with E-state index in [1.807, 2.05) is 0 Å². The molecule has 6 heteroatoms. The van der Waals surface area contributed by atoms with E-state index in [0.29, 0.717) is 11.6 Å². The molecular weight excluding hydrogens is 277 g/mol. The molecule has 0 amide bonds. The Morgan fingerprint density at radius 2 is 1.86 bits per heavy atom. The number of aromatic carboxylic acids is 1. The van der Waals surface area contributed by atoms with Crippen molar-refractivity contribution in [2.75, 3.05) is 31.1 Å². The van der Waals surface area contributed by atoms with Crippen LogP contribution in [0.2, 0.25) is 0 Å². The molecule has 3 heterocycles. The first kappa shape index (κ1) is 16.7. The van der Waals surface area contributed by atoms with Gasteiger partial charge in [0.05, 0.1) is 5.56 Å². The van der Waals surface area contributed by atoms with Gasteiger partial charge in [0.25, 0.3) is 0 Å². The minimum atomic E-state index is -0.888. The van der Waals surface area contributed by atoms with Gasteiger partial charge in [-0.25, -0.2) is 9.78 Å². The standard InChI is InChI=1S/C15H21N3O2.Na.H/c19-15(20)12-3-6-16-14(11-12)18-9-4-13(5-10-18)17-7-1-2-8-17;;/h3,6,11,13H,1-2,4-5,7-10H2,(H,19,20);;. The van der Waals surface area contributed by atoms with E-state index in [-0.39, 0.29) is 29.6 Å². The number of nitrogens with zero attached hydrogens (tertiary/aromatic N) is 3. The molecular formula is C15H22N3NaO2. The predicted molar refractivity (Wildman–Crippen MR) is 84.4 cm³/mol. The van der Waals surface area contributed by atoms with Crippen molar-refractivity contribution in [3.05, 3.63) is 23.9 Å². The Bertz CT molecular complexity index is 484. The maximum atomic E-state index is 11.0. The monoisotopic (exact) mass is 299 g/mol. The summed E-state index contributed by atoms with van der Waals surface area (Å²) >= 11 is 0. The van der Waals surface area contributed by atoms with Crippen LogP contribution < -0.4 is 4.90 Å². The summed E-state index contributed by atoms with van der Waals surface area (Å²) < 4.78 is 0. The number of piperidine rings is 1. The van der Waals surface area contributed by atoms with E-state index < -0.39 is 5.97 Å². The first-order valence-corrected chi connectivity index (χ1v) is 7.42. The molecule has 2 saturated heterocycles. The van der Waals surface area contributed by atoms with Crippen LogP contribution in [-0.2, 0) is 0 Å². The van der Waals surface area contributed by atoms with Crippen molar-refractivity contribution in [1.29, 1.82) is 0 Å². The van der Waals surface area contributed by atoms with Crippen molar-refractivity contribution >= 4 is 41.3 Å².